The molecule has 0 saturated heterocycles. The highest BCUT2D eigenvalue weighted by molar-refractivity contribution is 6.15. The molecule has 1 N–H and O–H groups in total. The average molecular weight is 231 g/mol. The van der Waals surface area contributed by atoms with Crippen molar-refractivity contribution in [2.75, 3.05) is 13.5 Å². The molecule has 0 radical (unpaired) electrons. The number of hydrogen-bond donors (Lipinski definition) is 1. The summed E-state index contributed by atoms with van der Waals surface area (Å²) in [5.41, 5.74) is 1.56. The van der Waals surface area contributed by atoms with Crippen molar-refractivity contribution >= 4 is 17.6 Å². The van der Waals surface area contributed by atoms with E-state index < -0.39 is 0 Å². The van der Waals surface area contributed by atoms with Crippen molar-refractivity contribution in [1.29, 1.82) is 0 Å². The first-order valence-corrected chi connectivity index (χ1v) is 5.12. The number of aryl methyl sites for hydroxylation is 1. The Kier molecular flexibility index (Phi) is 6.54. The quantitative estimate of drug-likeness (QED) is 0.626. The van der Waals surface area contributed by atoms with Crippen LogP contribution in [0, 0.1) is 6.92 Å². The summed E-state index contributed by atoms with van der Waals surface area (Å²) >= 11 is 4.64. The maximum Gasteiger partial charge on any atom is 0.310 e. The zero-order valence-electron chi connectivity index (χ0n) is 9.08. The number of rotatable bonds is 2. The highest BCUT2D eigenvalue weighted by Gasteiger charge is 2.06. The SMILES string of the molecule is CCl.COC(=O)Cc1ccc(C)cc1O. The summed E-state index contributed by atoms with van der Waals surface area (Å²) in [5, 5.41) is 9.43. The molecular weight excluding hydrogens is 216 g/mol. The number of halogens is 1. The number of carbonyl (C=O) groups is 1. The Balaban J connectivity index is 0.000000921. The van der Waals surface area contributed by atoms with Gasteiger partial charge in [0.2, 0.25) is 0 Å². The minimum Gasteiger partial charge on any atom is -0.508 e. The van der Waals surface area contributed by atoms with Crippen LogP contribution in [0.3, 0.4) is 0 Å². The standard InChI is InChI=1S/C10H12O3.CH3Cl/c1-7-3-4-8(9(11)5-7)6-10(12)13-2;1-2/h3-5,11H,6H2,1-2H3;1H3. The largest absolute Gasteiger partial charge is 0.508 e. The Bertz CT molecular complexity index is 324. The van der Waals surface area contributed by atoms with Gasteiger partial charge in [0, 0.05) is 11.9 Å². The van der Waals surface area contributed by atoms with Gasteiger partial charge < -0.3 is 9.84 Å². The second-order valence-electron chi connectivity index (χ2n) is 2.89. The topological polar surface area (TPSA) is 46.5 Å². The number of phenols is 1. The van der Waals surface area contributed by atoms with Gasteiger partial charge >= 0.3 is 5.97 Å². The molecule has 0 heterocycles. The van der Waals surface area contributed by atoms with E-state index in [0.29, 0.717) is 5.56 Å². The Hall–Kier alpha value is -1.22. The van der Waals surface area contributed by atoms with E-state index in [0.717, 1.165) is 5.56 Å². The molecule has 0 aliphatic rings. The van der Waals surface area contributed by atoms with Crippen molar-refractivity contribution in [2.45, 2.75) is 13.3 Å². The zero-order valence-corrected chi connectivity index (χ0v) is 9.84. The summed E-state index contributed by atoms with van der Waals surface area (Å²) in [7, 11) is 1.33. The van der Waals surface area contributed by atoms with Gasteiger partial charge in [0.1, 0.15) is 5.75 Å². The van der Waals surface area contributed by atoms with E-state index in [4.69, 9.17) is 0 Å². The predicted octanol–water partition coefficient (Wildman–Crippen LogP) is 2.27. The van der Waals surface area contributed by atoms with Crippen LogP contribution in [0.1, 0.15) is 11.1 Å². The van der Waals surface area contributed by atoms with E-state index in [-0.39, 0.29) is 18.1 Å². The fraction of sp³-hybridized carbons (Fsp3) is 0.364. The molecule has 0 spiro atoms. The summed E-state index contributed by atoms with van der Waals surface area (Å²) in [6.45, 7) is 1.88. The van der Waals surface area contributed by atoms with Crippen LogP contribution in [0.4, 0.5) is 0 Å². The van der Waals surface area contributed by atoms with E-state index in [9.17, 15) is 9.90 Å². The number of hydrogen-bond acceptors (Lipinski definition) is 3. The molecule has 1 aromatic rings. The summed E-state index contributed by atoms with van der Waals surface area (Å²) in [5.74, 6) is -0.204. The molecule has 0 saturated carbocycles. The fourth-order valence-electron chi connectivity index (χ4n) is 1.05. The zero-order chi connectivity index (χ0) is 11.8. The highest BCUT2D eigenvalue weighted by Crippen LogP contribution is 2.18. The molecule has 0 fully saturated rings. The summed E-state index contributed by atoms with van der Waals surface area (Å²) < 4.78 is 4.49. The van der Waals surface area contributed by atoms with E-state index in [2.05, 4.69) is 16.3 Å². The van der Waals surface area contributed by atoms with Crippen molar-refractivity contribution in [3.63, 3.8) is 0 Å². The molecule has 0 amide bonds. The monoisotopic (exact) mass is 230 g/mol. The second-order valence-corrected chi connectivity index (χ2v) is 2.89. The number of esters is 1. The van der Waals surface area contributed by atoms with Crippen LogP contribution >= 0.6 is 11.6 Å². The minimum absolute atomic E-state index is 0.114. The van der Waals surface area contributed by atoms with Crippen LogP contribution in [0.5, 0.6) is 5.75 Å². The average Bonchev–Trinajstić information content (AvgIpc) is 2.25. The lowest BCUT2D eigenvalue weighted by atomic mass is 10.1. The molecule has 0 unspecified atom stereocenters. The van der Waals surface area contributed by atoms with E-state index in [1.807, 2.05) is 13.0 Å². The normalized spacial score (nSPS) is 8.80. The van der Waals surface area contributed by atoms with E-state index in [1.54, 1.807) is 12.1 Å². The molecule has 0 bridgehead atoms. The molecule has 0 aromatic heterocycles. The van der Waals surface area contributed by atoms with Crippen LogP contribution in [0.15, 0.2) is 18.2 Å². The van der Waals surface area contributed by atoms with Crippen LogP contribution in [0.25, 0.3) is 0 Å². The van der Waals surface area contributed by atoms with Gasteiger partial charge in [-0.15, -0.1) is 11.6 Å². The molecule has 1 aromatic carbocycles. The number of phenolic OH excluding ortho intramolecular Hbond substituents is 1. The van der Waals surface area contributed by atoms with Crippen LogP contribution < -0.4 is 0 Å². The smallest absolute Gasteiger partial charge is 0.310 e. The van der Waals surface area contributed by atoms with Crippen molar-refractivity contribution in [2.24, 2.45) is 0 Å². The minimum atomic E-state index is -0.348. The van der Waals surface area contributed by atoms with Crippen LogP contribution in [0.2, 0.25) is 0 Å². The Morgan fingerprint density at radius 3 is 2.53 bits per heavy atom. The number of carbonyl (C=O) groups excluding carboxylic acids is 1. The first-order chi connectivity index (χ1) is 7.13. The second kappa shape index (κ2) is 7.12. The lowest BCUT2D eigenvalue weighted by Crippen LogP contribution is -2.04. The first kappa shape index (κ1) is 13.8. The van der Waals surface area contributed by atoms with Gasteiger partial charge in [-0.2, -0.15) is 0 Å². The van der Waals surface area contributed by atoms with Gasteiger partial charge in [-0.3, -0.25) is 4.79 Å². The number of aromatic hydroxyl groups is 1. The molecule has 84 valence electrons. The number of benzene rings is 1. The van der Waals surface area contributed by atoms with E-state index >= 15 is 0 Å². The molecule has 0 aliphatic carbocycles. The number of ether oxygens (including phenoxy) is 1. The Labute approximate surface area is 94.6 Å². The summed E-state index contributed by atoms with van der Waals surface area (Å²) in [6.07, 6.45) is 1.59. The Morgan fingerprint density at radius 1 is 1.47 bits per heavy atom. The van der Waals surface area contributed by atoms with Crippen LogP contribution in [-0.2, 0) is 16.0 Å². The third kappa shape index (κ3) is 4.70. The number of methoxy groups -OCH3 is 1. The summed E-state index contributed by atoms with van der Waals surface area (Å²) in [6, 6.07) is 5.19. The van der Waals surface area contributed by atoms with Gasteiger partial charge in [0.25, 0.3) is 0 Å². The molecule has 3 nitrogen and oxygen atoms in total. The van der Waals surface area contributed by atoms with Gasteiger partial charge in [0.05, 0.1) is 13.5 Å². The summed E-state index contributed by atoms with van der Waals surface area (Å²) in [4.78, 5) is 10.9. The van der Waals surface area contributed by atoms with Crippen LogP contribution in [-0.4, -0.2) is 24.6 Å². The molecular formula is C11H15ClO3. The third-order valence-electron chi connectivity index (χ3n) is 1.80. The highest BCUT2D eigenvalue weighted by atomic mass is 35.5. The van der Waals surface area contributed by atoms with Crippen molar-refractivity contribution in [1.82, 2.24) is 0 Å². The van der Waals surface area contributed by atoms with Crippen molar-refractivity contribution in [3.05, 3.63) is 29.3 Å². The fourth-order valence-corrected chi connectivity index (χ4v) is 1.05. The first-order valence-electron chi connectivity index (χ1n) is 4.36. The third-order valence-corrected chi connectivity index (χ3v) is 1.80. The molecule has 0 aliphatic heterocycles. The lowest BCUT2D eigenvalue weighted by Gasteiger charge is -2.03. The molecule has 1 rings (SSSR count). The predicted molar refractivity (Wildman–Crippen MR) is 60.3 cm³/mol. The van der Waals surface area contributed by atoms with Gasteiger partial charge in [-0.05, 0) is 18.6 Å². The molecule has 0 atom stereocenters. The Morgan fingerprint density at radius 2 is 2.07 bits per heavy atom. The van der Waals surface area contributed by atoms with Crippen molar-refractivity contribution < 1.29 is 14.6 Å². The number of alkyl halides is 1. The lowest BCUT2D eigenvalue weighted by molar-refractivity contribution is -0.139. The molecule has 15 heavy (non-hydrogen) atoms. The maximum absolute atomic E-state index is 10.9. The molecule has 4 heteroatoms. The van der Waals surface area contributed by atoms with Gasteiger partial charge in [-0.25, -0.2) is 0 Å². The maximum atomic E-state index is 10.9. The van der Waals surface area contributed by atoms with E-state index in [1.165, 1.54) is 13.5 Å². The van der Waals surface area contributed by atoms with Gasteiger partial charge in [0.15, 0.2) is 0 Å². The van der Waals surface area contributed by atoms with Gasteiger partial charge in [-0.1, -0.05) is 12.1 Å². The van der Waals surface area contributed by atoms with Crippen molar-refractivity contribution in [3.8, 4) is 5.75 Å².